The van der Waals surface area contributed by atoms with Crippen LogP contribution in [0.15, 0.2) is 97.1 Å². The highest BCUT2D eigenvalue weighted by atomic mass is 16.7. The number of nitrogens with one attached hydrogen (secondary N) is 9. The van der Waals surface area contributed by atoms with E-state index in [0.29, 0.717) is 53.2 Å². The van der Waals surface area contributed by atoms with E-state index in [1.54, 1.807) is 114 Å². The summed E-state index contributed by atoms with van der Waals surface area (Å²) in [5, 5.41) is 66.8. The fraction of sp³-hybridized carbons (Fsp3) is 0.532. The molecule has 0 saturated carbocycles. The van der Waals surface area contributed by atoms with Gasteiger partial charge in [0.1, 0.15) is 73.3 Å². The molecule has 13 N–H and O–H groups in total. The predicted octanol–water partition coefficient (Wildman–Crippen LogP) is -2.40. The molecule has 17 amide bonds. The lowest BCUT2D eigenvalue weighted by molar-refractivity contribution is -0.271. The highest BCUT2D eigenvalue weighted by Crippen LogP contribution is 2.32. The van der Waals surface area contributed by atoms with Crippen molar-refractivity contribution in [1.82, 2.24) is 86.8 Å². The number of aliphatic hydroxyl groups excluding tert-OH is 3. The first kappa shape index (κ1) is 108. The number of carboxylic acids is 1. The number of piperidine rings is 2. The highest BCUT2D eigenvalue weighted by Gasteiger charge is 2.50. The zero-order valence-electron chi connectivity index (χ0n) is 79.9. The molecule has 5 aromatic rings. The SMILES string of the molecule is CC(C)[C@H](NC(=O)CCOCCOCCOCCN1C(=O)C=CC1=O)C(=O)N[C@@H](C)C(=O)Nc1ccc(COc2cc3ccccc3nc2C(=O)N[C@@H]2CNC(=O)[C@@H](C(C)C)N(C)C(=O)CN(C)C(=O)CNC(=O)[C@@H]3CCCCN3C(=O)[C@H](NC(=O)c3nc4ccccc4cc3O[C@@H]3O[C@H](C(=O)O)[C@@H](O)[C@H](O)[C@H]3O)CNC(=O)[C@@H](C(C)C)N(C)C(=O)CN(C)C(=O)CNC(=O)[C@@H]3CCCCN3C2=O)cc1. The van der Waals surface area contributed by atoms with Crippen LogP contribution in [-0.4, -0.2) is 377 Å². The lowest BCUT2D eigenvalue weighted by atomic mass is 9.99. The standard InChI is InChI=1S/C94H124N18O28/c1-51(2)74(105-67(113)32-36-135-38-40-137-41-39-136-37-35-112-68(114)30-31-69(112)115)86(126)99-54(7)83(123)100-58-28-26-55(27-29-58)50-138-65-42-56-20-12-14-22-59(56)101-75(65)87(127)103-61-44-95-89(129)77(52(3)4)108(10)72(118)48-106(8)71(117)47-98-85(125)64-25-17-19-34-111(64)92(132)62(104-88(128)76-66(43-57-21-13-15-23-60(57)102-76)139-94-81(122)79(120)80(121)82(140-94)93(133)134)45-96-90(130)78(53(5)6)109(11)73(119)49-107(9)70(116)46-97-84(124)63-24-16-18-33-110(63)91(61)131/h12-15,20-23,26-31,42-43,51-54,61-64,74,77-82,94,120-122H,16-19,24-25,32-41,44-50H2,1-11H3,(H,95,129)(H,96,130)(H,97,124)(H,98,125)(H,99,126)(H,100,123)(H,103,127)(H,104,128)(H,105,113)(H,133,134)/t54-,61+,62+,63-,64-,74-,77+,78+,79-,80-,81+,82-,94+/m0/s1. The molecule has 0 radical (unpaired) electrons. The van der Waals surface area contributed by atoms with Crippen molar-refractivity contribution in [2.75, 3.05) is 132 Å². The Morgan fingerprint density at radius 2 is 0.986 bits per heavy atom. The van der Waals surface area contributed by atoms with Crippen molar-refractivity contribution in [2.24, 2.45) is 17.8 Å². The summed E-state index contributed by atoms with van der Waals surface area (Å²) in [6.45, 7) is 7.67. The van der Waals surface area contributed by atoms with E-state index in [0.717, 1.165) is 29.4 Å². The van der Waals surface area contributed by atoms with E-state index in [9.17, 15) is 92.3 Å². The van der Waals surface area contributed by atoms with Crippen LogP contribution >= 0.6 is 0 Å². The average Bonchev–Trinajstić information content (AvgIpc) is 0.872. The second-order valence-electron chi connectivity index (χ2n) is 35.6. The molecular weight excluding hydrogens is 1830 g/mol. The third kappa shape index (κ3) is 28.7. The van der Waals surface area contributed by atoms with Gasteiger partial charge in [-0.25, -0.2) is 14.8 Å². The second kappa shape index (κ2) is 50.7. The van der Waals surface area contributed by atoms with Gasteiger partial charge in [0.25, 0.3) is 23.6 Å². The van der Waals surface area contributed by atoms with Crippen molar-refractivity contribution in [3.05, 3.63) is 114 Å². The number of imide groups is 1. The molecule has 0 unspecified atom stereocenters. The smallest absolute Gasteiger partial charge is 0.335 e. The molecule has 13 atom stereocenters. The highest BCUT2D eigenvalue weighted by molar-refractivity contribution is 6.13. The Bertz CT molecular complexity index is 5390. The summed E-state index contributed by atoms with van der Waals surface area (Å²) >= 11 is 0. The van der Waals surface area contributed by atoms with Crippen molar-refractivity contribution in [1.29, 1.82) is 0 Å². The van der Waals surface area contributed by atoms with Gasteiger partial charge in [0, 0.05) is 89.4 Å². The number of ether oxygens (including phenoxy) is 6. The number of carbonyl (C=O) groups is 18. The fourth-order valence-electron chi connectivity index (χ4n) is 16.4. The van der Waals surface area contributed by atoms with Gasteiger partial charge in [-0.3, -0.25) is 86.4 Å². The minimum atomic E-state index is -2.14. The van der Waals surface area contributed by atoms with Gasteiger partial charge < -0.3 is 126 Å². The van der Waals surface area contributed by atoms with Gasteiger partial charge in [0.15, 0.2) is 29.0 Å². The molecule has 2 aromatic heterocycles. The van der Waals surface area contributed by atoms with Gasteiger partial charge in [-0.05, 0) is 105 Å². The molecule has 46 heteroatoms. The number of nitrogens with zero attached hydrogens (tertiary/aromatic N) is 9. The van der Waals surface area contributed by atoms with Gasteiger partial charge in [0.05, 0.1) is 83.4 Å². The molecule has 4 fully saturated rings. The molecular formula is C94H124N18O28. The zero-order chi connectivity index (χ0) is 102. The summed E-state index contributed by atoms with van der Waals surface area (Å²) in [5.41, 5.74) is 0.350. The minimum Gasteiger partial charge on any atom is -0.486 e. The summed E-state index contributed by atoms with van der Waals surface area (Å²) in [5.74, 6) is -17.3. The summed E-state index contributed by atoms with van der Waals surface area (Å²) in [7, 11) is 5.09. The van der Waals surface area contributed by atoms with Crippen LogP contribution in [0.5, 0.6) is 11.5 Å². The molecule has 10 rings (SSSR count). The average molecular weight is 1950 g/mol. The number of anilines is 1. The third-order valence-electron chi connectivity index (χ3n) is 24.3. The second-order valence-corrected chi connectivity index (χ2v) is 35.6. The number of aliphatic carboxylic acids is 1. The van der Waals surface area contributed by atoms with Crippen LogP contribution in [0.4, 0.5) is 5.69 Å². The summed E-state index contributed by atoms with van der Waals surface area (Å²) in [4.78, 5) is 269. The van der Waals surface area contributed by atoms with E-state index in [-0.39, 0.29) is 102 Å². The van der Waals surface area contributed by atoms with E-state index < -0.39 is 254 Å². The molecule has 758 valence electrons. The first-order valence-corrected chi connectivity index (χ1v) is 46.2. The van der Waals surface area contributed by atoms with Crippen molar-refractivity contribution in [3.63, 3.8) is 0 Å². The van der Waals surface area contributed by atoms with Gasteiger partial charge in [-0.1, -0.05) is 90.1 Å². The Morgan fingerprint density at radius 3 is 1.46 bits per heavy atom. The molecule has 0 spiro atoms. The van der Waals surface area contributed by atoms with Crippen LogP contribution in [0.25, 0.3) is 21.8 Å². The predicted molar refractivity (Wildman–Crippen MR) is 496 cm³/mol. The van der Waals surface area contributed by atoms with E-state index in [1.165, 1.54) is 64.3 Å². The molecule has 0 bridgehead atoms. The maximum atomic E-state index is 15.5. The van der Waals surface area contributed by atoms with Crippen molar-refractivity contribution >= 4 is 134 Å². The number of fused-ring (bicyclic) bond motifs is 4. The molecule has 46 nitrogen and oxygen atoms in total. The first-order chi connectivity index (χ1) is 66.6. The normalized spacial score (nSPS) is 22.9. The quantitative estimate of drug-likeness (QED) is 0.0168. The molecule has 3 aromatic carbocycles. The minimum absolute atomic E-state index is 0.00337. The number of para-hydroxylation sites is 2. The van der Waals surface area contributed by atoms with E-state index in [2.05, 4.69) is 57.8 Å². The van der Waals surface area contributed by atoms with E-state index in [4.69, 9.17) is 28.4 Å². The number of benzene rings is 3. The van der Waals surface area contributed by atoms with Crippen LogP contribution in [0, 0.1) is 17.8 Å². The first-order valence-electron chi connectivity index (χ1n) is 46.2. The Balaban J connectivity index is 0.828. The number of carbonyl (C=O) groups excluding carboxylic acids is 17. The largest absolute Gasteiger partial charge is 0.486 e. The van der Waals surface area contributed by atoms with Crippen molar-refractivity contribution < 1.29 is 135 Å². The maximum Gasteiger partial charge on any atom is 0.335 e. The molecule has 5 aliphatic rings. The number of likely N-dealkylation sites (N-methyl/N-ethyl adjacent to an activating group) is 4. The number of amides is 17. The fourth-order valence-corrected chi connectivity index (χ4v) is 16.4. The van der Waals surface area contributed by atoms with E-state index in [1.807, 2.05) is 0 Å². The number of rotatable bonds is 30. The topological polar surface area (TPSA) is 600 Å². The number of hydrogen-bond acceptors (Lipinski definition) is 29. The van der Waals surface area contributed by atoms with Gasteiger partial charge in [0.2, 0.25) is 83.1 Å². The van der Waals surface area contributed by atoms with Crippen LogP contribution in [0.1, 0.15) is 120 Å². The number of carboxylic acid groups (broad SMARTS) is 1. The number of pyridine rings is 2. The van der Waals surface area contributed by atoms with Gasteiger partial charge in [-0.15, -0.1) is 0 Å². The molecule has 7 heterocycles. The van der Waals surface area contributed by atoms with Crippen molar-refractivity contribution in [2.45, 2.75) is 179 Å². The van der Waals surface area contributed by atoms with Crippen LogP contribution in [-0.2, 0) is 102 Å². The van der Waals surface area contributed by atoms with Crippen LogP contribution in [0.2, 0.25) is 0 Å². The van der Waals surface area contributed by atoms with E-state index >= 15 is 14.4 Å². The Labute approximate surface area is 806 Å². The van der Waals surface area contributed by atoms with Crippen molar-refractivity contribution in [3.8, 4) is 11.5 Å². The Hall–Kier alpha value is -13.8. The van der Waals surface area contributed by atoms with Gasteiger partial charge in [-0.2, -0.15) is 0 Å². The zero-order valence-corrected chi connectivity index (χ0v) is 79.9. The Morgan fingerprint density at radius 1 is 0.521 bits per heavy atom. The molecule has 0 aliphatic carbocycles. The third-order valence-corrected chi connectivity index (χ3v) is 24.3. The van der Waals surface area contributed by atoms with Crippen LogP contribution in [0.3, 0.4) is 0 Å². The van der Waals surface area contributed by atoms with Gasteiger partial charge >= 0.3 is 5.97 Å². The summed E-state index contributed by atoms with van der Waals surface area (Å²) in [6.07, 6.45) is -6.87. The van der Waals surface area contributed by atoms with Crippen LogP contribution < -0.4 is 57.3 Å². The molecule has 4 saturated heterocycles. The maximum absolute atomic E-state index is 15.5. The molecule has 140 heavy (non-hydrogen) atoms. The lowest BCUT2D eigenvalue weighted by Crippen LogP contribution is -2.61. The summed E-state index contributed by atoms with van der Waals surface area (Å²) < 4.78 is 34.1. The lowest BCUT2D eigenvalue weighted by Gasteiger charge is -2.38. The monoisotopic (exact) mass is 1950 g/mol. The number of aromatic nitrogens is 2. The molecule has 5 aliphatic heterocycles. The Kier molecular flexibility index (Phi) is 39.2. The number of hydrogen-bond donors (Lipinski definition) is 13. The number of aliphatic hydroxyl groups is 3. The summed E-state index contributed by atoms with van der Waals surface area (Å²) in [6, 6.07) is 11.1.